The fourth-order valence-corrected chi connectivity index (χ4v) is 2.80. The molecule has 1 heterocycles. The normalized spacial score (nSPS) is 22.6. The molecule has 5 heteroatoms. The van der Waals surface area contributed by atoms with Crippen LogP contribution in [0.3, 0.4) is 0 Å². The smallest absolute Gasteiger partial charge is 0.159 e. The Balaban J connectivity index is 1.72. The first-order valence-electron chi connectivity index (χ1n) is 8.04. The molecule has 1 aliphatic rings. The van der Waals surface area contributed by atoms with Gasteiger partial charge >= 0.3 is 0 Å². The number of carbonyl (C=O) groups excluding carboxylic acids is 1. The molecule has 0 aliphatic carbocycles. The molecule has 0 fully saturated rings. The van der Waals surface area contributed by atoms with E-state index < -0.39 is 12.2 Å². The molecule has 3 rings (SSSR count). The largest absolute Gasteiger partial charge is 0.484 e. The number of benzene rings is 2. The lowest BCUT2D eigenvalue weighted by Crippen LogP contribution is -2.39. The Labute approximate surface area is 151 Å². The van der Waals surface area contributed by atoms with E-state index in [-0.39, 0.29) is 18.5 Å². The monoisotopic (exact) mass is 358 g/mol. The molecule has 0 unspecified atom stereocenters. The van der Waals surface area contributed by atoms with Gasteiger partial charge in [-0.25, -0.2) is 0 Å². The van der Waals surface area contributed by atoms with Crippen LogP contribution in [0.2, 0.25) is 5.02 Å². The minimum Gasteiger partial charge on any atom is -0.484 e. The van der Waals surface area contributed by atoms with Gasteiger partial charge in [0.05, 0.1) is 6.61 Å². The molecule has 0 radical (unpaired) electrons. The van der Waals surface area contributed by atoms with E-state index in [2.05, 4.69) is 0 Å². The number of hydrogen-bond acceptors (Lipinski definition) is 4. The van der Waals surface area contributed by atoms with Gasteiger partial charge in [-0.05, 0) is 55.0 Å². The average molecular weight is 359 g/mol. The van der Waals surface area contributed by atoms with Crippen LogP contribution >= 0.6 is 11.6 Å². The van der Waals surface area contributed by atoms with Crippen molar-refractivity contribution in [1.29, 1.82) is 0 Å². The van der Waals surface area contributed by atoms with Crippen molar-refractivity contribution < 1.29 is 19.4 Å². The Morgan fingerprint density at radius 2 is 1.80 bits per heavy atom. The van der Waals surface area contributed by atoms with E-state index in [9.17, 15) is 9.90 Å². The zero-order chi connectivity index (χ0) is 17.8. The van der Waals surface area contributed by atoms with Crippen molar-refractivity contribution in [3.63, 3.8) is 0 Å². The highest BCUT2D eigenvalue weighted by Gasteiger charge is 2.29. The number of halogens is 1. The molecule has 1 N–H and O–H groups in total. The summed E-state index contributed by atoms with van der Waals surface area (Å²) in [6, 6.07) is 14.3. The summed E-state index contributed by atoms with van der Waals surface area (Å²) in [4.78, 5) is 11.3. The van der Waals surface area contributed by atoms with Gasteiger partial charge in [0.1, 0.15) is 24.1 Å². The van der Waals surface area contributed by atoms with Gasteiger partial charge in [-0.3, -0.25) is 4.79 Å². The summed E-state index contributed by atoms with van der Waals surface area (Å²) < 4.78 is 11.8. The topological polar surface area (TPSA) is 55.8 Å². The fraction of sp³-hybridized carbons (Fsp3) is 0.250. The van der Waals surface area contributed by atoms with E-state index in [1.807, 2.05) is 24.3 Å². The maximum atomic E-state index is 11.3. The molecule has 2 aromatic rings. The van der Waals surface area contributed by atoms with Crippen molar-refractivity contribution in [1.82, 2.24) is 0 Å². The van der Waals surface area contributed by atoms with Crippen LogP contribution in [0.5, 0.6) is 5.75 Å². The lowest BCUT2D eigenvalue weighted by Gasteiger charge is -2.31. The summed E-state index contributed by atoms with van der Waals surface area (Å²) in [5.74, 6) is 0.623. The molecular weight excluding hydrogens is 340 g/mol. The van der Waals surface area contributed by atoms with Gasteiger partial charge in [-0.1, -0.05) is 29.8 Å². The van der Waals surface area contributed by atoms with Crippen LogP contribution in [0.1, 0.15) is 28.9 Å². The van der Waals surface area contributed by atoms with E-state index in [1.54, 1.807) is 36.4 Å². The predicted molar refractivity (Wildman–Crippen MR) is 96.2 cm³/mol. The Kier molecular flexibility index (Phi) is 5.53. The van der Waals surface area contributed by atoms with Gasteiger partial charge in [0.2, 0.25) is 0 Å². The average Bonchev–Trinajstić information content (AvgIpc) is 2.63. The van der Waals surface area contributed by atoms with Crippen molar-refractivity contribution in [3.05, 3.63) is 76.8 Å². The van der Waals surface area contributed by atoms with Gasteiger partial charge < -0.3 is 14.6 Å². The molecule has 0 amide bonds. The summed E-state index contributed by atoms with van der Waals surface area (Å²) in [5.41, 5.74) is 1.59. The van der Waals surface area contributed by atoms with E-state index in [0.717, 1.165) is 5.56 Å². The SMILES string of the molecule is CC(=O)c1ccc(O[C@H]2C=C[C@@H](c3ccc(Cl)cc3)O[C@@H]2CO)cc1. The van der Waals surface area contributed by atoms with Gasteiger partial charge in [-0.15, -0.1) is 0 Å². The fourth-order valence-electron chi connectivity index (χ4n) is 2.68. The minimum atomic E-state index is -0.488. The number of hydrogen-bond donors (Lipinski definition) is 1. The molecule has 0 saturated heterocycles. The Bertz CT molecular complexity index is 752. The Morgan fingerprint density at radius 3 is 2.40 bits per heavy atom. The maximum Gasteiger partial charge on any atom is 0.159 e. The molecule has 1 aliphatic heterocycles. The van der Waals surface area contributed by atoms with Gasteiger partial charge in [0, 0.05) is 10.6 Å². The summed E-state index contributed by atoms with van der Waals surface area (Å²) in [6.07, 6.45) is 2.65. The molecule has 0 saturated carbocycles. The summed E-state index contributed by atoms with van der Waals surface area (Å²) in [7, 11) is 0. The molecule has 25 heavy (non-hydrogen) atoms. The maximum absolute atomic E-state index is 11.3. The zero-order valence-electron chi connectivity index (χ0n) is 13.8. The van der Waals surface area contributed by atoms with Crippen molar-refractivity contribution in [2.24, 2.45) is 0 Å². The number of aliphatic hydroxyl groups excluding tert-OH is 1. The van der Waals surface area contributed by atoms with Crippen molar-refractivity contribution in [2.45, 2.75) is 25.2 Å². The highest BCUT2D eigenvalue weighted by Crippen LogP contribution is 2.29. The first-order valence-corrected chi connectivity index (χ1v) is 8.42. The highest BCUT2D eigenvalue weighted by atomic mass is 35.5. The second-order valence-electron chi connectivity index (χ2n) is 5.88. The molecule has 130 valence electrons. The summed E-state index contributed by atoms with van der Waals surface area (Å²) in [5, 5.41) is 10.3. The van der Waals surface area contributed by atoms with Crippen LogP contribution in [-0.4, -0.2) is 29.7 Å². The third-order valence-corrected chi connectivity index (χ3v) is 4.33. The predicted octanol–water partition coefficient (Wildman–Crippen LogP) is 3.98. The van der Waals surface area contributed by atoms with Crippen LogP contribution < -0.4 is 4.74 Å². The van der Waals surface area contributed by atoms with Crippen LogP contribution in [0.25, 0.3) is 0 Å². The van der Waals surface area contributed by atoms with E-state index in [4.69, 9.17) is 21.1 Å². The first-order chi connectivity index (χ1) is 12.1. The minimum absolute atomic E-state index is 0.00601. The lowest BCUT2D eigenvalue weighted by molar-refractivity contribution is -0.0731. The number of carbonyl (C=O) groups is 1. The van der Waals surface area contributed by atoms with Crippen LogP contribution in [0.15, 0.2) is 60.7 Å². The van der Waals surface area contributed by atoms with Gasteiger partial charge in [0.15, 0.2) is 5.78 Å². The molecule has 0 aromatic heterocycles. The molecule has 2 aromatic carbocycles. The molecular formula is C20H19ClO4. The number of Topliss-reactive ketones (excluding diaryl/α,β-unsaturated/α-hetero) is 1. The second kappa shape index (κ2) is 7.83. The quantitative estimate of drug-likeness (QED) is 0.649. The Morgan fingerprint density at radius 1 is 1.12 bits per heavy atom. The van der Waals surface area contributed by atoms with E-state index in [1.165, 1.54) is 6.92 Å². The second-order valence-corrected chi connectivity index (χ2v) is 6.31. The third kappa shape index (κ3) is 4.28. The lowest BCUT2D eigenvalue weighted by atomic mass is 10.0. The number of aliphatic hydroxyl groups is 1. The van der Waals surface area contributed by atoms with E-state index in [0.29, 0.717) is 16.3 Å². The first kappa shape index (κ1) is 17.7. The highest BCUT2D eigenvalue weighted by molar-refractivity contribution is 6.30. The molecule has 3 atom stereocenters. The summed E-state index contributed by atoms with van der Waals surface area (Å²) >= 11 is 5.91. The molecule has 4 nitrogen and oxygen atoms in total. The van der Waals surface area contributed by atoms with Crippen molar-refractivity contribution >= 4 is 17.4 Å². The van der Waals surface area contributed by atoms with Crippen molar-refractivity contribution in [3.8, 4) is 5.75 Å². The van der Waals surface area contributed by atoms with Gasteiger partial charge in [0.25, 0.3) is 0 Å². The molecule has 0 bridgehead atoms. The summed E-state index contributed by atoms with van der Waals surface area (Å²) in [6.45, 7) is 1.36. The van der Waals surface area contributed by atoms with Crippen LogP contribution in [0.4, 0.5) is 0 Å². The number of ketones is 1. The Hall–Kier alpha value is -2.14. The van der Waals surface area contributed by atoms with E-state index >= 15 is 0 Å². The number of ether oxygens (including phenoxy) is 2. The van der Waals surface area contributed by atoms with Crippen LogP contribution in [0, 0.1) is 0 Å². The third-order valence-electron chi connectivity index (χ3n) is 4.07. The van der Waals surface area contributed by atoms with Crippen molar-refractivity contribution in [2.75, 3.05) is 6.61 Å². The van der Waals surface area contributed by atoms with Crippen LogP contribution in [-0.2, 0) is 4.74 Å². The zero-order valence-corrected chi connectivity index (χ0v) is 14.5. The standard InChI is InChI=1S/C20H19ClO4/c1-13(23)14-4-8-17(9-5-14)24-19-11-10-18(25-20(19)12-22)15-2-6-16(21)7-3-15/h2-11,18-20,22H,12H2,1H3/t18-,19-,20+/m0/s1. The number of rotatable bonds is 5. The van der Waals surface area contributed by atoms with Gasteiger partial charge in [-0.2, -0.15) is 0 Å². The molecule has 0 spiro atoms.